The predicted molar refractivity (Wildman–Crippen MR) is 53.1 cm³/mol. The molecule has 0 aromatic heterocycles. The van der Waals surface area contributed by atoms with Crippen LogP contribution < -0.4 is 0 Å². The van der Waals surface area contributed by atoms with Crippen LogP contribution in [0.1, 0.15) is 0 Å². The van der Waals surface area contributed by atoms with Gasteiger partial charge in [0.2, 0.25) is 12.1 Å². The molecular weight excluding hydrogens is 196 g/mol. The molecule has 0 radical (unpaired) electrons. The minimum Gasteiger partial charge on any atom is -0.362 e. The van der Waals surface area contributed by atoms with Crippen molar-refractivity contribution in [2.24, 2.45) is 0 Å². The number of methoxy groups -OCH3 is 1. The van der Waals surface area contributed by atoms with Crippen molar-refractivity contribution in [2.45, 2.75) is 6.29 Å². The lowest BCUT2D eigenvalue weighted by Crippen LogP contribution is -2.19. The molecule has 0 bridgehead atoms. The van der Waals surface area contributed by atoms with Crippen molar-refractivity contribution in [3.63, 3.8) is 0 Å². The van der Waals surface area contributed by atoms with Gasteiger partial charge >= 0.3 is 0 Å². The molecule has 0 saturated heterocycles. The van der Waals surface area contributed by atoms with Gasteiger partial charge in [0.1, 0.15) is 0 Å². The highest BCUT2D eigenvalue weighted by Crippen LogP contribution is 2.23. The first-order valence-corrected chi connectivity index (χ1v) is 5.65. The second-order valence-electron chi connectivity index (χ2n) is 1.86. The number of hydrogen-bond acceptors (Lipinski definition) is 5. The van der Waals surface area contributed by atoms with Gasteiger partial charge in [0.25, 0.3) is 0 Å². The van der Waals surface area contributed by atoms with Crippen molar-refractivity contribution in [3.05, 3.63) is 10.3 Å². The van der Waals surface area contributed by atoms with Crippen molar-refractivity contribution >= 4 is 29.3 Å². The lowest BCUT2D eigenvalue weighted by molar-refractivity contribution is -0.144. The Hall–Kier alpha value is 0.0300. The third kappa shape index (κ3) is 4.15. The van der Waals surface area contributed by atoms with Gasteiger partial charge in [-0.15, -0.1) is 23.5 Å². The monoisotopic (exact) mass is 208 g/mol. The highest BCUT2D eigenvalue weighted by molar-refractivity contribution is 8.21. The number of hydrogen-bond donors (Lipinski definition) is 1. The normalized spacial score (nSPS) is 12.3. The Labute approximate surface area is 80.6 Å². The molecule has 3 nitrogen and oxygen atoms in total. The summed E-state index contributed by atoms with van der Waals surface area (Å²) in [5.41, 5.74) is 0. The molecule has 0 saturated carbocycles. The van der Waals surface area contributed by atoms with E-state index in [-0.39, 0.29) is 0 Å². The van der Waals surface area contributed by atoms with Gasteiger partial charge in [-0.2, -0.15) is 0 Å². The molecule has 5 heteroatoms. The molecule has 0 rings (SSSR count). The molecule has 0 spiro atoms. The fourth-order valence-electron chi connectivity index (χ4n) is 0.505. The number of ketones is 1. The van der Waals surface area contributed by atoms with E-state index in [9.17, 15) is 4.79 Å². The van der Waals surface area contributed by atoms with Crippen molar-refractivity contribution in [3.8, 4) is 0 Å². The SMILES string of the molecule is COC(O)C(=O)C=C(SC)SC. The molecule has 0 heterocycles. The van der Waals surface area contributed by atoms with Crippen LogP contribution in [0.15, 0.2) is 10.3 Å². The zero-order valence-electron chi connectivity index (χ0n) is 7.23. The average molecular weight is 208 g/mol. The van der Waals surface area contributed by atoms with Gasteiger partial charge in [0.15, 0.2) is 0 Å². The molecule has 12 heavy (non-hydrogen) atoms. The molecule has 70 valence electrons. The Balaban J connectivity index is 4.20. The van der Waals surface area contributed by atoms with Crippen LogP contribution in [0.2, 0.25) is 0 Å². The van der Waals surface area contributed by atoms with E-state index in [1.807, 2.05) is 12.5 Å². The fourth-order valence-corrected chi connectivity index (χ4v) is 1.64. The van der Waals surface area contributed by atoms with Gasteiger partial charge in [-0.3, -0.25) is 4.79 Å². The molecular formula is C7H12O3S2. The summed E-state index contributed by atoms with van der Waals surface area (Å²) in [5, 5.41) is 8.93. The van der Waals surface area contributed by atoms with E-state index in [4.69, 9.17) is 5.11 Å². The Morgan fingerprint density at radius 3 is 2.33 bits per heavy atom. The Kier molecular flexibility index (Phi) is 6.55. The number of ether oxygens (including phenoxy) is 1. The van der Waals surface area contributed by atoms with E-state index in [0.29, 0.717) is 0 Å². The third-order valence-corrected chi connectivity index (χ3v) is 3.17. The zero-order chi connectivity index (χ0) is 9.56. The van der Waals surface area contributed by atoms with E-state index < -0.39 is 12.1 Å². The second-order valence-corrected chi connectivity index (χ2v) is 3.82. The third-order valence-electron chi connectivity index (χ3n) is 1.13. The topological polar surface area (TPSA) is 46.5 Å². The van der Waals surface area contributed by atoms with Crippen molar-refractivity contribution in [2.75, 3.05) is 19.6 Å². The molecule has 1 atom stereocenters. The van der Waals surface area contributed by atoms with Crippen molar-refractivity contribution in [1.82, 2.24) is 0 Å². The van der Waals surface area contributed by atoms with Gasteiger partial charge < -0.3 is 9.84 Å². The van der Waals surface area contributed by atoms with E-state index >= 15 is 0 Å². The maximum absolute atomic E-state index is 11.0. The maximum Gasteiger partial charge on any atom is 0.219 e. The molecule has 0 fully saturated rings. The first kappa shape index (κ1) is 12.0. The summed E-state index contributed by atoms with van der Waals surface area (Å²) in [7, 11) is 1.29. The summed E-state index contributed by atoms with van der Waals surface area (Å²) < 4.78 is 5.30. The standard InChI is InChI=1S/C7H12O3S2/c1-10-7(9)5(8)4-6(11-2)12-3/h4,7,9H,1-3H3. The summed E-state index contributed by atoms with van der Waals surface area (Å²) in [6.45, 7) is 0. The Bertz CT molecular complexity index is 173. The molecule has 0 aromatic rings. The molecule has 0 amide bonds. The lowest BCUT2D eigenvalue weighted by atomic mass is 10.4. The number of carbonyl (C=O) groups is 1. The second kappa shape index (κ2) is 6.54. The van der Waals surface area contributed by atoms with Gasteiger partial charge in [-0.1, -0.05) is 0 Å². The first-order valence-electron chi connectivity index (χ1n) is 3.20. The minimum absolute atomic E-state index is 0.420. The van der Waals surface area contributed by atoms with Crippen LogP contribution in [0.5, 0.6) is 0 Å². The molecule has 0 aliphatic rings. The van der Waals surface area contributed by atoms with E-state index in [0.717, 1.165) is 4.24 Å². The van der Waals surface area contributed by atoms with E-state index in [2.05, 4.69) is 4.74 Å². The summed E-state index contributed by atoms with van der Waals surface area (Å²) in [4.78, 5) is 11.0. The maximum atomic E-state index is 11.0. The Morgan fingerprint density at radius 2 is 2.00 bits per heavy atom. The van der Waals surface area contributed by atoms with Crippen molar-refractivity contribution < 1.29 is 14.6 Å². The first-order chi connectivity index (χ1) is 5.65. The van der Waals surface area contributed by atoms with Gasteiger partial charge in [-0.25, -0.2) is 0 Å². The Morgan fingerprint density at radius 1 is 1.50 bits per heavy atom. The highest BCUT2D eigenvalue weighted by atomic mass is 32.2. The molecule has 0 aliphatic carbocycles. The molecule has 1 N–H and O–H groups in total. The zero-order valence-corrected chi connectivity index (χ0v) is 8.87. The van der Waals surface area contributed by atoms with Crippen LogP contribution in [0.25, 0.3) is 0 Å². The molecule has 0 aliphatic heterocycles. The quantitative estimate of drug-likeness (QED) is 0.541. The van der Waals surface area contributed by atoms with E-state index in [1.54, 1.807) is 0 Å². The van der Waals surface area contributed by atoms with Gasteiger partial charge in [0, 0.05) is 17.4 Å². The number of aliphatic hydroxyl groups is 1. The van der Waals surface area contributed by atoms with E-state index in [1.165, 1.54) is 36.7 Å². The summed E-state index contributed by atoms with van der Waals surface area (Å²) in [6.07, 6.45) is 3.78. The predicted octanol–water partition coefficient (Wildman–Crippen LogP) is 1.09. The van der Waals surface area contributed by atoms with Gasteiger partial charge in [-0.05, 0) is 12.5 Å². The molecule has 0 aromatic carbocycles. The minimum atomic E-state index is -1.33. The van der Waals surface area contributed by atoms with Crippen LogP contribution in [0.4, 0.5) is 0 Å². The smallest absolute Gasteiger partial charge is 0.219 e. The fraction of sp³-hybridized carbons (Fsp3) is 0.571. The van der Waals surface area contributed by atoms with Crippen LogP contribution >= 0.6 is 23.5 Å². The van der Waals surface area contributed by atoms with Crippen LogP contribution in [-0.2, 0) is 9.53 Å². The van der Waals surface area contributed by atoms with Crippen LogP contribution in [-0.4, -0.2) is 36.8 Å². The van der Waals surface area contributed by atoms with Crippen molar-refractivity contribution in [1.29, 1.82) is 0 Å². The van der Waals surface area contributed by atoms with Crippen LogP contribution in [0, 0.1) is 0 Å². The molecule has 1 unspecified atom stereocenters. The lowest BCUT2D eigenvalue weighted by Gasteiger charge is -2.04. The number of thioether (sulfide) groups is 2. The summed E-state index contributed by atoms with van der Waals surface area (Å²) in [6, 6.07) is 0. The number of carbonyl (C=O) groups excluding carboxylic acids is 1. The number of aliphatic hydroxyl groups excluding tert-OH is 1. The summed E-state index contributed by atoms with van der Waals surface area (Å²) in [5.74, 6) is -0.420. The average Bonchev–Trinajstić information content (AvgIpc) is 2.12. The number of rotatable bonds is 5. The van der Waals surface area contributed by atoms with Crippen LogP contribution in [0.3, 0.4) is 0 Å². The summed E-state index contributed by atoms with van der Waals surface area (Å²) >= 11 is 2.93. The largest absolute Gasteiger partial charge is 0.362 e. The van der Waals surface area contributed by atoms with Gasteiger partial charge in [0.05, 0.1) is 0 Å². The highest BCUT2D eigenvalue weighted by Gasteiger charge is 2.11.